The molecule has 1 saturated heterocycles. The van der Waals surface area contributed by atoms with E-state index in [1.54, 1.807) is 6.20 Å². The van der Waals surface area contributed by atoms with Crippen LogP contribution in [0.15, 0.2) is 12.5 Å². The molecule has 2 rings (SSSR count). The number of carbonyl (C=O) groups is 1. The number of aromatic nitrogens is 2. The summed E-state index contributed by atoms with van der Waals surface area (Å²) < 4.78 is 0. The summed E-state index contributed by atoms with van der Waals surface area (Å²) in [5, 5.41) is 3.27. The second-order valence-electron chi connectivity index (χ2n) is 5.04. The van der Waals surface area contributed by atoms with Crippen molar-refractivity contribution in [2.45, 2.75) is 32.2 Å². The predicted molar refractivity (Wildman–Crippen MR) is 76.7 cm³/mol. The minimum atomic E-state index is 0. The van der Waals surface area contributed by atoms with Crippen molar-refractivity contribution in [3.05, 3.63) is 23.8 Å². The van der Waals surface area contributed by atoms with Crippen LogP contribution in [0.2, 0.25) is 0 Å². The van der Waals surface area contributed by atoms with Gasteiger partial charge in [-0.05, 0) is 18.9 Å². The average molecular weight is 285 g/mol. The third-order valence-corrected chi connectivity index (χ3v) is 3.42. The molecule has 19 heavy (non-hydrogen) atoms. The Hall–Kier alpha value is -1.20. The molecule has 0 bridgehead atoms. The van der Waals surface area contributed by atoms with Gasteiger partial charge in [-0.1, -0.05) is 13.8 Å². The summed E-state index contributed by atoms with van der Waals surface area (Å²) in [6, 6.07) is 0.276. The van der Waals surface area contributed by atoms with Crippen molar-refractivity contribution < 1.29 is 4.79 Å². The lowest BCUT2D eigenvalue weighted by Crippen LogP contribution is -2.39. The normalized spacial score (nSPS) is 18.2. The van der Waals surface area contributed by atoms with Crippen LogP contribution in [0.1, 0.15) is 42.2 Å². The Morgan fingerprint density at radius 2 is 2.26 bits per heavy atom. The third-order valence-electron chi connectivity index (χ3n) is 3.42. The number of nitrogens with zero attached hydrogens (tertiary/aromatic N) is 3. The first kappa shape index (κ1) is 15.9. The first-order chi connectivity index (χ1) is 8.61. The molecule has 1 aromatic rings. The van der Waals surface area contributed by atoms with Crippen molar-refractivity contribution in [1.29, 1.82) is 0 Å². The number of amides is 1. The molecular weight excluding hydrogens is 264 g/mol. The topological polar surface area (TPSA) is 58.1 Å². The van der Waals surface area contributed by atoms with Crippen LogP contribution < -0.4 is 5.32 Å². The lowest BCUT2D eigenvalue weighted by Gasteiger charge is -2.24. The van der Waals surface area contributed by atoms with Gasteiger partial charge in [0, 0.05) is 25.8 Å². The second-order valence-corrected chi connectivity index (χ2v) is 5.04. The third kappa shape index (κ3) is 3.42. The zero-order valence-corrected chi connectivity index (χ0v) is 12.4. The van der Waals surface area contributed by atoms with Gasteiger partial charge in [0.25, 0.3) is 5.91 Å². The number of halogens is 1. The van der Waals surface area contributed by atoms with E-state index < -0.39 is 0 Å². The molecule has 1 N–H and O–H groups in total. The van der Waals surface area contributed by atoms with Crippen LogP contribution in [0.25, 0.3) is 0 Å². The van der Waals surface area contributed by atoms with Crippen molar-refractivity contribution in [2.75, 3.05) is 20.1 Å². The smallest absolute Gasteiger partial charge is 0.257 e. The van der Waals surface area contributed by atoms with Crippen LogP contribution in [-0.2, 0) is 0 Å². The Labute approximate surface area is 120 Å². The molecular formula is C13H21ClN4O. The van der Waals surface area contributed by atoms with Gasteiger partial charge in [-0.25, -0.2) is 9.97 Å². The molecule has 1 unspecified atom stereocenters. The molecule has 1 atom stereocenters. The fourth-order valence-electron chi connectivity index (χ4n) is 2.29. The second kappa shape index (κ2) is 6.82. The molecule has 1 aliphatic heterocycles. The van der Waals surface area contributed by atoms with Gasteiger partial charge < -0.3 is 10.2 Å². The quantitative estimate of drug-likeness (QED) is 0.913. The Balaban J connectivity index is 0.00000180. The van der Waals surface area contributed by atoms with Crippen molar-refractivity contribution >= 4 is 18.3 Å². The highest BCUT2D eigenvalue weighted by Gasteiger charge is 2.26. The summed E-state index contributed by atoms with van der Waals surface area (Å²) >= 11 is 0. The molecule has 106 valence electrons. The van der Waals surface area contributed by atoms with Gasteiger partial charge in [-0.3, -0.25) is 4.79 Å². The number of hydrogen-bond acceptors (Lipinski definition) is 4. The summed E-state index contributed by atoms with van der Waals surface area (Å²) in [5.41, 5.74) is 1.45. The molecule has 0 aromatic carbocycles. The summed E-state index contributed by atoms with van der Waals surface area (Å²) in [4.78, 5) is 22.5. The van der Waals surface area contributed by atoms with Gasteiger partial charge in [0.1, 0.15) is 6.33 Å². The summed E-state index contributed by atoms with van der Waals surface area (Å²) in [7, 11) is 1.86. The SMILES string of the molecule is CC(C)c1ncncc1C(=O)N(C)C1CCNC1.Cl. The van der Waals surface area contributed by atoms with Crippen LogP contribution in [0.4, 0.5) is 0 Å². The van der Waals surface area contributed by atoms with Gasteiger partial charge >= 0.3 is 0 Å². The molecule has 1 aromatic heterocycles. The van der Waals surface area contributed by atoms with Gasteiger partial charge in [0.15, 0.2) is 0 Å². The highest BCUT2D eigenvalue weighted by molar-refractivity contribution is 5.95. The van der Waals surface area contributed by atoms with Crippen molar-refractivity contribution in [3.8, 4) is 0 Å². The Morgan fingerprint density at radius 1 is 1.53 bits per heavy atom. The van der Waals surface area contributed by atoms with Gasteiger partial charge in [-0.2, -0.15) is 0 Å². The molecule has 1 fully saturated rings. The van der Waals surface area contributed by atoms with E-state index in [9.17, 15) is 4.79 Å². The van der Waals surface area contributed by atoms with Crippen molar-refractivity contribution in [3.63, 3.8) is 0 Å². The minimum Gasteiger partial charge on any atom is -0.337 e. The van der Waals surface area contributed by atoms with Crippen LogP contribution in [0.3, 0.4) is 0 Å². The highest BCUT2D eigenvalue weighted by atomic mass is 35.5. The van der Waals surface area contributed by atoms with E-state index in [2.05, 4.69) is 15.3 Å². The van der Waals surface area contributed by atoms with Crippen LogP contribution >= 0.6 is 12.4 Å². The molecule has 5 nitrogen and oxygen atoms in total. The molecule has 1 aliphatic rings. The molecule has 0 radical (unpaired) electrons. The Bertz CT molecular complexity index is 432. The minimum absolute atomic E-state index is 0. The van der Waals surface area contributed by atoms with E-state index in [1.807, 2.05) is 25.8 Å². The molecule has 0 aliphatic carbocycles. The predicted octanol–water partition coefficient (Wildman–Crippen LogP) is 1.46. The molecule has 6 heteroatoms. The van der Waals surface area contributed by atoms with E-state index in [0.717, 1.165) is 25.2 Å². The lowest BCUT2D eigenvalue weighted by atomic mass is 10.0. The lowest BCUT2D eigenvalue weighted by molar-refractivity contribution is 0.0741. The van der Waals surface area contributed by atoms with E-state index in [1.165, 1.54) is 6.33 Å². The van der Waals surface area contributed by atoms with Crippen molar-refractivity contribution in [1.82, 2.24) is 20.2 Å². The summed E-state index contributed by atoms with van der Waals surface area (Å²) in [6.45, 7) is 5.92. The van der Waals surface area contributed by atoms with Crippen molar-refractivity contribution in [2.24, 2.45) is 0 Å². The number of hydrogen-bond donors (Lipinski definition) is 1. The number of likely N-dealkylation sites (N-methyl/N-ethyl adjacent to an activating group) is 1. The maximum atomic E-state index is 12.5. The fraction of sp³-hybridized carbons (Fsp3) is 0.615. The van der Waals surface area contributed by atoms with E-state index in [4.69, 9.17) is 0 Å². The maximum Gasteiger partial charge on any atom is 0.257 e. The highest BCUT2D eigenvalue weighted by Crippen LogP contribution is 2.18. The van der Waals surface area contributed by atoms with E-state index >= 15 is 0 Å². The average Bonchev–Trinajstić information content (AvgIpc) is 2.90. The number of nitrogens with one attached hydrogen (secondary N) is 1. The number of carbonyl (C=O) groups excluding carboxylic acids is 1. The standard InChI is InChI=1S/C13H20N4O.ClH/c1-9(2)12-11(7-15-8-16-12)13(18)17(3)10-4-5-14-6-10;/h7-10,14H,4-6H2,1-3H3;1H. The van der Waals surface area contributed by atoms with Gasteiger partial charge in [-0.15, -0.1) is 12.4 Å². The van der Waals surface area contributed by atoms with E-state index in [0.29, 0.717) is 5.56 Å². The maximum absolute atomic E-state index is 12.5. The zero-order chi connectivity index (χ0) is 13.1. The van der Waals surface area contributed by atoms with Crippen LogP contribution in [-0.4, -0.2) is 47.0 Å². The zero-order valence-electron chi connectivity index (χ0n) is 11.6. The Kier molecular flexibility index (Phi) is 5.69. The first-order valence-corrected chi connectivity index (χ1v) is 6.39. The molecule has 2 heterocycles. The van der Waals surface area contributed by atoms with Gasteiger partial charge in [0.2, 0.25) is 0 Å². The summed E-state index contributed by atoms with van der Waals surface area (Å²) in [6.07, 6.45) is 4.14. The van der Waals surface area contributed by atoms with Crippen LogP contribution in [0.5, 0.6) is 0 Å². The Morgan fingerprint density at radius 3 is 2.84 bits per heavy atom. The van der Waals surface area contributed by atoms with Crippen LogP contribution in [0, 0.1) is 0 Å². The van der Waals surface area contributed by atoms with E-state index in [-0.39, 0.29) is 30.3 Å². The fourth-order valence-corrected chi connectivity index (χ4v) is 2.29. The molecule has 0 spiro atoms. The monoisotopic (exact) mass is 284 g/mol. The molecule has 1 amide bonds. The largest absolute Gasteiger partial charge is 0.337 e. The molecule has 0 saturated carbocycles. The van der Waals surface area contributed by atoms with Gasteiger partial charge in [0.05, 0.1) is 11.3 Å². The summed E-state index contributed by atoms with van der Waals surface area (Å²) in [5.74, 6) is 0.245. The number of rotatable bonds is 3. The first-order valence-electron chi connectivity index (χ1n) is 6.39.